The van der Waals surface area contributed by atoms with E-state index < -0.39 is 6.10 Å². The number of hydrogen-bond acceptors (Lipinski definition) is 5. The second-order valence-corrected chi connectivity index (χ2v) is 7.68. The van der Waals surface area contributed by atoms with Gasteiger partial charge in [-0.3, -0.25) is 0 Å². The molecule has 2 atom stereocenters. The third-order valence-corrected chi connectivity index (χ3v) is 5.52. The van der Waals surface area contributed by atoms with Gasteiger partial charge < -0.3 is 10.0 Å². The van der Waals surface area contributed by atoms with Crippen molar-refractivity contribution in [2.75, 3.05) is 11.4 Å². The molecule has 24 heavy (non-hydrogen) atoms. The lowest BCUT2D eigenvalue weighted by molar-refractivity contribution is 0.155. The number of hydrogen-bond donors (Lipinski definition) is 1. The number of aliphatic hydroxyl groups is 1. The van der Waals surface area contributed by atoms with Crippen molar-refractivity contribution in [1.82, 2.24) is 9.36 Å². The van der Waals surface area contributed by atoms with Crippen LogP contribution in [0, 0.1) is 0 Å². The number of nitrogens with zero attached hydrogens (tertiary/aromatic N) is 3. The fourth-order valence-corrected chi connectivity index (χ4v) is 4.23. The zero-order valence-corrected chi connectivity index (χ0v) is 15.4. The van der Waals surface area contributed by atoms with E-state index in [-0.39, 0.29) is 0 Å². The van der Waals surface area contributed by atoms with E-state index in [1.807, 2.05) is 30.3 Å². The molecule has 0 aliphatic carbocycles. The molecule has 4 nitrogen and oxygen atoms in total. The summed E-state index contributed by atoms with van der Waals surface area (Å²) in [7, 11) is 0. The summed E-state index contributed by atoms with van der Waals surface area (Å²) in [5, 5.41) is 11.7. The first kappa shape index (κ1) is 17.4. The summed E-state index contributed by atoms with van der Waals surface area (Å²) in [6.07, 6.45) is 5.10. The average molecular weight is 346 g/mol. The quantitative estimate of drug-likeness (QED) is 0.864. The van der Waals surface area contributed by atoms with E-state index in [9.17, 15) is 5.11 Å². The zero-order valence-electron chi connectivity index (χ0n) is 14.6. The van der Waals surface area contributed by atoms with Gasteiger partial charge in [-0.1, -0.05) is 57.0 Å². The van der Waals surface area contributed by atoms with Crippen LogP contribution in [-0.2, 0) is 0 Å². The summed E-state index contributed by atoms with van der Waals surface area (Å²) in [4.78, 5) is 7.15. The highest BCUT2D eigenvalue weighted by molar-refractivity contribution is 7.09. The Labute approximate surface area is 148 Å². The van der Waals surface area contributed by atoms with Crippen LogP contribution in [0.3, 0.4) is 0 Å². The van der Waals surface area contributed by atoms with Crippen LogP contribution in [-0.4, -0.2) is 27.1 Å². The van der Waals surface area contributed by atoms with Crippen molar-refractivity contribution in [1.29, 1.82) is 0 Å². The third kappa shape index (κ3) is 4.14. The van der Waals surface area contributed by atoms with Crippen LogP contribution in [0.25, 0.3) is 0 Å². The van der Waals surface area contributed by atoms with Gasteiger partial charge in [0.1, 0.15) is 5.82 Å². The van der Waals surface area contributed by atoms with E-state index >= 15 is 0 Å². The van der Waals surface area contributed by atoms with Gasteiger partial charge in [0.2, 0.25) is 5.13 Å². The van der Waals surface area contributed by atoms with Crippen molar-refractivity contribution in [2.24, 2.45) is 0 Å². The van der Waals surface area contributed by atoms with Crippen molar-refractivity contribution in [3.8, 4) is 0 Å². The zero-order chi connectivity index (χ0) is 16.9. The van der Waals surface area contributed by atoms with Gasteiger partial charge in [-0.25, -0.2) is 4.98 Å². The molecule has 2 heterocycles. The predicted octanol–water partition coefficient (Wildman–Crippen LogP) is 4.53. The molecular formula is C19H27N3OS. The number of aromatic nitrogens is 2. The molecule has 2 aromatic rings. The summed E-state index contributed by atoms with van der Waals surface area (Å²) in [6, 6.07) is 10.3. The van der Waals surface area contributed by atoms with Crippen LogP contribution in [0.5, 0.6) is 0 Å². The maximum atomic E-state index is 10.7. The molecule has 130 valence electrons. The first-order valence-electron chi connectivity index (χ1n) is 8.98. The summed E-state index contributed by atoms with van der Waals surface area (Å²) < 4.78 is 4.52. The molecule has 0 amide bonds. The Morgan fingerprint density at radius 3 is 2.71 bits per heavy atom. The van der Waals surface area contributed by atoms with Gasteiger partial charge in [0.25, 0.3) is 0 Å². The molecule has 0 bridgehead atoms. The van der Waals surface area contributed by atoms with Crippen LogP contribution in [0.1, 0.15) is 69.4 Å². The van der Waals surface area contributed by atoms with Crippen LogP contribution in [0.15, 0.2) is 30.3 Å². The minimum absolute atomic E-state index is 0.329. The number of anilines is 1. The Bertz CT molecular complexity index is 629. The van der Waals surface area contributed by atoms with Gasteiger partial charge in [-0.05, 0) is 24.8 Å². The van der Waals surface area contributed by atoms with Crippen LogP contribution in [0.2, 0.25) is 0 Å². The Balaban J connectivity index is 1.77. The van der Waals surface area contributed by atoms with Gasteiger partial charge in [-0.15, -0.1) is 0 Å². The summed E-state index contributed by atoms with van der Waals surface area (Å²) >= 11 is 1.50. The molecule has 1 saturated heterocycles. The number of aliphatic hydroxyl groups excluding tert-OH is 1. The molecule has 1 aliphatic heterocycles. The Morgan fingerprint density at radius 1 is 1.21 bits per heavy atom. The standard InChI is InChI=1S/C19H27N3OS/c1-14(2)18-20-19(24-21-18)22-12-8-4-7-11-16(22)13-17(23)15-9-5-3-6-10-15/h3,5-6,9-10,14,16-17,23H,4,7-8,11-13H2,1-2H3. The largest absolute Gasteiger partial charge is 0.388 e. The molecule has 1 aromatic carbocycles. The Hall–Kier alpha value is -1.46. The van der Waals surface area contributed by atoms with E-state index in [1.54, 1.807) is 0 Å². The molecule has 0 spiro atoms. The van der Waals surface area contributed by atoms with Crippen molar-refractivity contribution in [3.05, 3.63) is 41.7 Å². The number of rotatable bonds is 5. The first-order valence-corrected chi connectivity index (χ1v) is 9.75. The lowest BCUT2D eigenvalue weighted by atomic mass is 9.98. The number of benzene rings is 1. The summed E-state index contributed by atoms with van der Waals surface area (Å²) in [5.74, 6) is 1.29. The van der Waals surface area contributed by atoms with Gasteiger partial charge in [0, 0.05) is 30.0 Å². The monoisotopic (exact) mass is 345 g/mol. The molecule has 1 aliphatic rings. The molecule has 1 fully saturated rings. The highest BCUT2D eigenvalue weighted by atomic mass is 32.1. The van der Waals surface area contributed by atoms with Gasteiger partial charge in [0.15, 0.2) is 0 Å². The fraction of sp³-hybridized carbons (Fsp3) is 0.579. The van der Waals surface area contributed by atoms with E-state index in [2.05, 4.69) is 23.1 Å². The second-order valence-electron chi connectivity index (χ2n) is 6.95. The lowest BCUT2D eigenvalue weighted by Crippen LogP contribution is -2.36. The van der Waals surface area contributed by atoms with Crippen LogP contribution >= 0.6 is 11.5 Å². The van der Waals surface area contributed by atoms with Crippen LogP contribution < -0.4 is 4.90 Å². The normalized spacial score (nSPS) is 20.2. The van der Waals surface area contributed by atoms with Crippen molar-refractivity contribution in [3.63, 3.8) is 0 Å². The van der Waals surface area contributed by atoms with Gasteiger partial charge in [-0.2, -0.15) is 4.37 Å². The maximum Gasteiger partial charge on any atom is 0.205 e. The molecule has 3 rings (SSSR count). The smallest absolute Gasteiger partial charge is 0.205 e. The lowest BCUT2D eigenvalue weighted by Gasteiger charge is -2.31. The minimum atomic E-state index is -0.422. The minimum Gasteiger partial charge on any atom is -0.388 e. The summed E-state index contributed by atoms with van der Waals surface area (Å²) in [6.45, 7) is 5.27. The van der Waals surface area contributed by atoms with Crippen molar-refractivity contribution in [2.45, 2.75) is 64.0 Å². The van der Waals surface area contributed by atoms with Crippen LogP contribution in [0.4, 0.5) is 5.13 Å². The molecule has 1 N–H and O–H groups in total. The van der Waals surface area contributed by atoms with E-state index in [4.69, 9.17) is 4.98 Å². The predicted molar refractivity (Wildman–Crippen MR) is 99.6 cm³/mol. The van der Waals surface area contributed by atoms with E-state index in [0.29, 0.717) is 12.0 Å². The van der Waals surface area contributed by atoms with E-state index in [1.165, 1.54) is 30.8 Å². The van der Waals surface area contributed by atoms with Crippen molar-refractivity contribution < 1.29 is 5.11 Å². The van der Waals surface area contributed by atoms with Crippen molar-refractivity contribution >= 4 is 16.7 Å². The molecule has 5 heteroatoms. The molecule has 1 aromatic heterocycles. The Morgan fingerprint density at radius 2 is 2.00 bits per heavy atom. The maximum absolute atomic E-state index is 10.7. The Kier molecular flexibility index (Phi) is 5.85. The molecule has 2 unspecified atom stereocenters. The van der Waals surface area contributed by atoms with Gasteiger partial charge in [0.05, 0.1) is 6.10 Å². The second kappa shape index (κ2) is 8.08. The van der Waals surface area contributed by atoms with Gasteiger partial charge >= 0.3 is 0 Å². The molecular weight excluding hydrogens is 318 g/mol. The van der Waals surface area contributed by atoms with E-state index in [0.717, 1.165) is 35.9 Å². The summed E-state index contributed by atoms with van der Waals surface area (Å²) in [5.41, 5.74) is 1.00. The molecule has 0 saturated carbocycles. The molecule has 0 radical (unpaired) electrons. The fourth-order valence-electron chi connectivity index (χ4n) is 3.32. The SMILES string of the molecule is CC(C)c1nsc(N2CCCCCC2CC(O)c2ccccc2)n1. The highest BCUT2D eigenvalue weighted by Gasteiger charge is 2.27. The third-order valence-electron chi connectivity index (χ3n) is 4.75. The topological polar surface area (TPSA) is 49.2 Å². The average Bonchev–Trinajstić information content (AvgIpc) is 2.97. The first-order chi connectivity index (χ1) is 11.6. The highest BCUT2D eigenvalue weighted by Crippen LogP contribution is 2.31.